The first-order valence-electron chi connectivity index (χ1n) is 7.07. The van der Waals surface area contributed by atoms with Gasteiger partial charge in [-0.05, 0) is 38.3 Å². The quantitative estimate of drug-likeness (QED) is 0.915. The summed E-state index contributed by atoms with van der Waals surface area (Å²) in [4.78, 5) is 0. The molecule has 0 saturated carbocycles. The molecule has 1 unspecified atom stereocenters. The van der Waals surface area contributed by atoms with Gasteiger partial charge in [-0.3, -0.25) is 0 Å². The Hall–Kier alpha value is -1.32. The highest BCUT2D eigenvalue weighted by Gasteiger charge is 2.21. The van der Waals surface area contributed by atoms with E-state index in [1.165, 1.54) is 10.9 Å². The fourth-order valence-electron chi connectivity index (χ4n) is 2.90. The number of furan rings is 1. The van der Waals surface area contributed by atoms with Gasteiger partial charge in [-0.2, -0.15) is 0 Å². The van der Waals surface area contributed by atoms with Gasteiger partial charge in [0.15, 0.2) is 0 Å². The number of nitrogens with one attached hydrogen (secondary N) is 1. The predicted molar refractivity (Wildman–Crippen MR) is 76.3 cm³/mol. The predicted octanol–water partition coefficient (Wildman–Crippen LogP) is 3.57. The lowest BCUT2D eigenvalue weighted by Crippen LogP contribution is -2.36. The van der Waals surface area contributed by atoms with Crippen LogP contribution in [-0.4, -0.2) is 19.3 Å². The molecular formula is C16H21NO2. The summed E-state index contributed by atoms with van der Waals surface area (Å²) in [6.45, 7) is 6.05. The SMILES string of the molecule is Cc1c(C(C)NC2CCOCC2)oc2ccccc12. The number of benzene rings is 1. The lowest BCUT2D eigenvalue weighted by Gasteiger charge is -2.26. The van der Waals surface area contributed by atoms with Gasteiger partial charge in [0.25, 0.3) is 0 Å². The molecule has 1 aliphatic rings. The summed E-state index contributed by atoms with van der Waals surface area (Å²) >= 11 is 0. The standard InChI is InChI=1S/C16H21NO2/c1-11-14-5-3-4-6-15(14)19-16(11)12(2)17-13-7-9-18-10-8-13/h3-6,12-13,17H,7-10H2,1-2H3. The van der Waals surface area contributed by atoms with E-state index < -0.39 is 0 Å². The molecule has 1 atom stereocenters. The first-order chi connectivity index (χ1) is 9.25. The largest absolute Gasteiger partial charge is 0.459 e. The van der Waals surface area contributed by atoms with Crippen molar-refractivity contribution in [3.05, 3.63) is 35.6 Å². The third kappa shape index (κ3) is 2.53. The fraction of sp³-hybridized carbons (Fsp3) is 0.500. The van der Waals surface area contributed by atoms with Crippen molar-refractivity contribution < 1.29 is 9.15 Å². The fourth-order valence-corrected chi connectivity index (χ4v) is 2.90. The minimum atomic E-state index is 0.246. The van der Waals surface area contributed by atoms with Crippen LogP contribution in [0.25, 0.3) is 11.0 Å². The number of ether oxygens (including phenoxy) is 1. The number of hydrogen-bond acceptors (Lipinski definition) is 3. The van der Waals surface area contributed by atoms with E-state index in [9.17, 15) is 0 Å². The summed E-state index contributed by atoms with van der Waals surface area (Å²) < 4.78 is 11.4. The minimum absolute atomic E-state index is 0.246. The van der Waals surface area contributed by atoms with Crippen molar-refractivity contribution in [2.45, 2.75) is 38.8 Å². The maximum Gasteiger partial charge on any atom is 0.134 e. The zero-order valence-electron chi connectivity index (χ0n) is 11.6. The van der Waals surface area contributed by atoms with Crippen LogP contribution in [0.2, 0.25) is 0 Å². The van der Waals surface area contributed by atoms with E-state index >= 15 is 0 Å². The van der Waals surface area contributed by atoms with Crippen molar-refractivity contribution in [3.63, 3.8) is 0 Å². The van der Waals surface area contributed by atoms with Crippen molar-refractivity contribution >= 4 is 11.0 Å². The van der Waals surface area contributed by atoms with Gasteiger partial charge in [-0.1, -0.05) is 18.2 Å². The van der Waals surface area contributed by atoms with E-state index in [4.69, 9.17) is 9.15 Å². The Morgan fingerprint density at radius 2 is 1.95 bits per heavy atom. The Balaban J connectivity index is 1.80. The molecule has 0 radical (unpaired) electrons. The zero-order valence-corrected chi connectivity index (χ0v) is 11.6. The second-order valence-corrected chi connectivity index (χ2v) is 5.36. The average Bonchev–Trinajstić information content (AvgIpc) is 2.78. The van der Waals surface area contributed by atoms with E-state index in [2.05, 4.69) is 31.3 Å². The maximum atomic E-state index is 6.01. The summed E-state index contributed by atoms with van der Waals surface area (Å²) in [5, 5.41) is 4.88. The molecule has 3 nitrogen and oxygen atoms in total. The Morgan fingerprint density at radius 3 is 2.68 bits per heavy atom. The number of para-hydroxylation sites is 1. The summed E-state index contributed by atoms with van der Waals surface area (Å²) in [7, 11) is 0. The number of fused-ring (bicyclic) bond motifs is 1. The van der Waals surface area contributed by atoms with Crippen molar-refractivity contribution in [3.8, 4) is 0 Å². The molecule has 19 heavy (non-hydrogen) atoms. The lowest BCUT2D eigenvalue weighted by molar-refractivity contribution is 0.0747. The summed E-state index contributed by atoms with van der Waals surface area (Å²) in [5.41, 5.74) is 2.23. The van der Waals surface area contributed by atoms with Gasteiger partial charge >= 0.3 is 0 Å². The first-order valence-corrected chi connectivity index (χ1v) is 7.07. The molecule has 0 amide bonds. The molecule has 1 aromatic carbocycles. The number of rotatable bonds is 3. The van der Waals surface area contributed by atoms with Gasteiger partial charge in [0, 0.05) is 24.6 Å². The van der Waals surface area contributed by atoms with E-state index in [1.807, 2.05) is 12.1 Å². The molecule has 2 aromatic rings. The summed E-state index contributed by atoms with van der Waals surface area (Å²) in [6.07, 6.45) is 2.17. The number of hydrogen-bond donors (Lipinski definition) is 1. The molecule has 1 fully saturated rings. The van der Waals surface area contributed by atoms with Crippen LogP contribution in [0.1, 0.15) is 37.1 Å². The first kappa shape index (κ1) is 12.7. The number of aryl methyl sites for hydroxylation is 1. The molecule has 0 bridgehead atoms. The van der Waals surface area contributed by atoms with Crippen molar-refractivity contribution in [1.82, 2.24) is 5.32 Å². The van der Waals surface area contributed by atoms with Crippen LogP contribution in [0.4, 0.5) is 0 Å². The van der Waals surface area contributed by atoms with Crippen molar-refractivity contribution in [2.75, 3.05) is 13.2 Å². The van der Waals surface area contributed by atoms with Crippen LogP contribution in [0.3, 0.4) is 0 Å². The Morgan fingerprint density at radius 1 is 1.21 bits per heavy atom. The van der Waals surface area contributed by atoms with E-state index in [0.29, 0.717) is 6.04 Å². The van der Waals surface area contributed by atoms with E-state index in [-0.39, 0.29) is 6.04 Å². The van der Waals surface area contributed by atoms with Gasteiger partial charge in [0.2, 0.25) is 0 Å². The molecular weight excluding hydrogens is 238 g/mol. The summed E-state index contributed by atoms with van der Waals surface area (Å²) in [5.74, 6) is 1.06. The molecule has 3 rings (SSSR count). The Labute approximate surface area is 113 Å². The second kappa shape index (κ2) is 5.35. The van der Waals surface area contributed by atoms with Gasteiger partial charge in [-0.25, -0.2) is 0 Å². The molecule has 1 aromatic heterocycles. The molecule has 0 spiro atoms. The van der Waals surface area contributed by atoms with Crippen LogP contribution in [-0.2, 0) is 4.74 Å². The van der Waals surface area contributed by atoms with Gasteiger partial charge in [-0.15, -0.1) is 0 Å². The Kier molecular flexibility index (Phi) is 3.58. The average molecular weight is 259 g/mol. The van der Waals surface area contributed by atoms with Crippen molar-refractivity contribution in [1.29, 1.82) is 0 Å². The van der Waals surface area contributed by atoms with Crippen LogP contribution in [0, 0.1) is 6.92 Å². The van der Waals surface area contributed by atoms with Crippen LogP contribution >= 0.6 is 0 Å². The summed E-state index contributed by atoms with van der Waals surface area (Å²) in [6, 6.07) is 9.02. The Bertz CT molecular complexity index is 555. The highest BCUT2D eigenvalue weighted by Crippen LogP contribution is 2.29. The van der Waals surface area contributed by atoms with Crippen LogP contribution < -0.4 is 5.32 Å². The molecule has 3 heteroatoms. The van der Waals surface area contributed by atoms with Crippen LogP contribution in [0.5, 0.6) is 0 Å². The molecule has 1 N–H and O–H groups in total. The van der Waals surface area contributed by atoms with E-state index in [1.54, 1.807) is 0 Å². The highest BCUT2D eigenvalue weighted by molar-refractivity contribution is 5.82. The van der Waals surface area contributed by atoms with Gasteiger partial charge in [0.05, 0.1) is 6.04 Å². The molecule has 2 heterocycles. The normalized spacial score (nSPS) is 18.8. The monoisotopic (exact) mass is 259 g/mol. The molecule has 102 valence electrons. The topological polar surface area (TPSA) is 34.4 Å². The van der Waals surface area contributed by atoms with Crippen molar-refractivity contribution in [2.24, 2.45) is 0 Å². The molecule has 1 saturated heterocycles. The third-order valence-electron chi connectivity index (χ3n) is 3.98. The zero-order chi connectivity index (χ0) is 13.2. The minimum Gasteiger partial charge on any atom is -0.459 e. The van der Waals surface area contributed by atoms with Gasteiger partial charge < -0.3 is 14.5 Å². The second-order valence-electron chi connectivity index (χ2n) is 5.36. The molecule has 0 aliphatic carbocycles. The lowest BCUT2D eigenvalue weighted by atomic mass is 10.1. The van der Waals surface area contributed by atoms with Crippen LogP contribution in [0.15, 0.2) is 28.7 Å². The smallest absolute Gasteiger partial charge is 0.134 e. The van der Waals surface area contributed by atoms with E-state index in [0.717, 1.165) is 37.4 Å². The van der Waals surface area contributed by atoms with Gasteiger partial charge in [0.1, 0.15) is 11.3 Å². The highest BCUT2D eigenvalue weighted by atomic mass is 16.5. The maximum absolute atomic E-state index is 6.01. The molecule has 1 aliphatic heterocycles. The third-order valence-corrected chi connectivity index (χ3v) is 3.98.